The lowest BCUT2D eigenvalue weighted by Crippen LogP contribution is -2.23. The Morgan fingerprint density at radius 3 is 2.42 bits per heavy atom. The lowest BCUT2D eigenvalue weighted by Gasteiger charge is -2.17. The summed E-state index contributed by atoms with van der Waals surface area (Å²) in [5, 5.41) is 0. The molecule has 1 aromatic heterocycles. The minimum atomic E-state index is -4.37. The second-order valence-corrected chi connectivity index (χ2v) is 7.02. The van der Waals surface area contributed by atoms with Crippen molar-refractivity contribution >= 4 is 10.1 Å². The molecular formula is C15H17F3N2O3S. The van der Waals surface area contributed by atoms with Crippen molar-refractivity contribution in [2.45, 2.75) is 31.7 Å². The van der Waals surface area contributed by atoms with Crippen LogP contribution in [0, 0.1) is 0 Å². The molecule has 9 heteroatoms. The lowest BCUT2D eigenvalue weighted by atomic mass is 10.0. The fourth-order valence-corrected chi connectivity index (χ4v) is 2.89. The first kappa shape index (κ1) is 18.5. The number of aromatic nitrogens is 2. The van der Waals surface area contributed by atoms with Crippen LogP contribution >= 0.6 is 0 Å². The van der Waals surface area contributed by atoms with Crippen molar-refractivity contribution in [3.63, 3.8) is 0 Å². The zero-order valence-corrected chi connectivity index (χ0v) is 13.7. The molecule has 0 radical (unpaired) electrons. The van der Waals surface area contributed by atoms with Crippen LogP contribution < -0.4 is 0 Å². The predicted molar refractivity (Wildman–Crippen MR) is 81.7 cm³/mol. The summed E-state index contributed by atoms with van der Waals surface area (Å²) in [5.74, 6) is 0. The third-order valence-electron chi connectivity index (χ3n) is 3.32. The Balaban J connectivity index is 2.01. The van der Waals surface area contributed by atoms with E-state index in [1.807, 2.05) is 0 Å². The van der Waals surface area contributed by atoms with Crippen LogP contribution in [-0.2, 0) is 33.4 Å². The van der Waals surface area contributed by atoms with Gasteiger partial charge in [0, 0.05) is 12.4 Å². The van der Waals surface area contributed by atoms with Crippen LogP contribution in [-0.4, -0.2) is 30.3 Å². The molecule has 0 N–H and O–H groups in total. The highest BCUT2D eigenvalue weighted by atomic mass is 32.2. The highest BCUT2D eigenvalue weighted by Crippen LogP contribution is 2.29. The van der Waals surface area contributed by atoms with Gasteiger partial charge < -0.3 is 4.57 Å². The fraction of sp³-hybridized carbons (Fsp3) is 0.400. The molecule has 0 aliphatic heterocycles. The standard InChI is InChI=1S/C15H17F3N2O3S/c1-24(21,22)23-14(10-20-9-8-19-11-20)7-4-12-2-5-13(6-3-12)15(16,17)18/h2-3,5-6,8-9,11,14H,4,7,10H2,1H3. The van der Waals surface area contributed by atoms with Crippen LogP contribution in [0.2, 0.25) is 0 Å². The SMILES string of the molecule is CS(=O)(=O)OC(CCc1ccc(C(F)(F)F)cc1)Cn1ccnc1. The van der Waals surface area contributed by atoms with Gasteiger partial charge in [0.1, 0.15) is 0 Å². The Labute approximate surface area is 138 Å². The predicted octanol–water partition coefficient (Wildman–Crippen LogP) is 2.88. The van der Waals surface area contributed by atoms with Crippen LogP contribution in [0.25, 0.3) is 0 Å². The monoisotopic (exact) mass is 362 g/mol. The molecule has 0 fully saturated rings. The Bertz CT molecular complexity index is 741. The Morgan fingerprint density at radius 1 is 1.25 bits per heavy atom. The molecule has 0 saturated carbocycles. The van der Waals surface area contributed by atoms with E-state index in [-0.39, 0.29) is 6.54 Å². The Morgan fingerprint density at radius 2 is 1.92 bits per heavy atom. The van der Waals surface area contributed by atoms with Gasteiger partial charge in [0.15, 0.2) is 0 Å². The molecule has 2 aromatic rings. The molecule has 5 nitrogen and oxygen atoms in total. The minimum Gasteiger partial charge on any atom is -0.335 e. The summed E-state index contributed by atoms with van der Waals surface area (Å²) in [6, 6.07) is 4.80. The second-order valence-electron chi connectivity index (χ2n) is 5.42. The van der Waals surface area contributed by atoms with E-state index in [1.165, 1.54) is 18.5 Å². The summed E-state index contributed by atoms with van der Waals surface area (Å²) in [4.78, 5) is 3.87. The zero-order valence-electron chi connectivity index (χ0n) is 12.9. The molecule has 24 heavy (non-hydrogen) atoms. The molecule has 0 bridgehead atoms. The van der Waals surface area contributed by atoms with Crippen molar-refractivity contribution in [3.05, 3.63) is 54.1 Å². The molecule has 0 amide bonds. The number of hydrogen-bond acceptors (Lipinski definition) is 4. The molecule has 0 spiro atoms. The van der Waals surface area contributed by atoms with Gasteiger partial charge in [0.05, 0.1) is 30.8 Å². The van der Waals surface area contributed by atoms with Crippen molar-refractivity contribution in [1.29, 1.82) is 0 Å². The van der Waals surface area contributed by atoms with Crippen molar-refractivity contribution in [2.75, 3.05) is 6.26 Å². The lowest BCUT2D eigenvalue weighted by molar-refractivity contribution is -0.137. The fourth-order valence-electron chi connectivity index (χ4n) is 2.23. The van der Waals surface area contributed by atoms with Gasteiger partial charge in [-0.3, -0.25) is 4.18 Å². The van der Waals surface area contributed by atoms with E-state index in [0.29, 0.717) is 18.4 Å². The van der Waals surface area contributed by atoms with Gasteiger partial charge in [0.2, 0.25) is 0 Å². The molecule has 0 saturated heterocycles. The van der Waals surface area contributed by atoms with Gasteiger partial charge in [-0.05, 0) is 30.5 Å². The Kier molecular flexibility index (Phi) is 5.66. The third-order valence-corrected chi connectivity index (χ3v) is 3.94. The maximum atomic E-state index is 12.5. The molecule has 1 aromatic carbocycles. The third kappa shape index (κ3) is 5.97. The van der Waals surface area contributed by atoms with E-state index in [1.54, 1.807) is 17.0 Å². The van der Waals surface area contributed by atoms with Gasteiger partial charge in [-0.25, -0.2) is 4.98 Å². The number of hydrogen-bond donors (Lipinski definition) is 0. The molecule has 132 valence electrons. The number of nitrogens with zero attached hydrogens (tertiary/aromatic N) is 2. The summed E-state index contributed by atoms with van der Waals surface area (Å²) >= 11 is 0. The highest BCUT2D eigenvalue weighted by Gasteiger charge is 2.29. The van der Waals surface area contributed by atoms with Gasteiger partial charge >= 0.3 is 6.18 Å². The maximum absolute atomic E-state index is 12.5. The van der Waals surface area contributed by atoms with Gasteiger partial charge in [-0.15, -0.1) is 0 Å². The topological polar surface area (TPSA) is 61.2 Å². The van der Waals surface area contributed by atoms with Crippen LogP contribution in [0.4, 0.5) is 13.2 Å². The summed E-state index contributed by atoms with van der Waals surface area (Å²) in [5.41, 5.74) is -0.0377. The molecular weight excluding hydrogens is 345 g/mol. The van der Waals surface area contributed by atoms with E-state index in [9.17, 15) is 21.6 Å². The number of alkyl halides is 3. The van der Waals surface area contributed by atoms with E-state index in [4.69, 9.17) is 4.18 Å². The van der Waals surface area contributed by atoms with Crippen molar-refractivity contribution < 1.29 is 25.8 Å². The average molecular weight is 362 g/mol. The summed E-state index contributed by atoms with van der Waals surface area (Å²) in [6.45, 7) is 0.285. The number of imidazole rings is 1. The Hall–Kier alpha value is -1.87. The quantitative estimate of drug-likeness (QED) is 0.711. The largest absolute Gasteiger partial charge is 0.416 e. The normalized spacial score (nSPS) is 13.8. The van der Waals surface area contributed by atoms with Crippen LogP contribution in [0.1, 0.15) is 17.5 Å². The molecule has 1 unspecified atom stereocenters. The zero-order chi connectivity index (χ0) is 17.8. The first-order valence-electron chi connectivity index (χ1n) is 7.13. The highest BCUT2D eigenvalue weighted by molar-refractivity contribution is 7.86. The molecule has 0 aliphatic rings. The summed E-state index contributed by atoms with van der Waals surface area (Å²) in [7, 11) is -3.64. The summed E-state index contributed by atoms with van der Waals surface area (Å²) < 4.78 is 67.1. The molecule has 1 heterocycles. The van der Waals surface area contributed by atoms with Gasteiger partial charge in [0.25, 0.3) is 10.1 Å². The summed E-state index contributed by atoms with van der Waals surface area (Å²) in [6.07, 6.45) is 1.48. The molecule has 2 rings (SSSR count). The van der Waals surface area contributed by atoms with E-state index in [2.05, 4.69) is 4.98 Å². The average Bonchev–Trinajstić information content (AvgIpc) is 2.95. The second kappa shape index (κ2) is 7.35. The molecule has 1 atom stereocenters. The molecule has 0 aliphatic carbocycles. The number of aryl methyl sites for hydroxylation is 1. The van der Waals surface area contributed by atoms with Crippen LogP contribution in [0.5, 0.6) is 0 Å². The van der Waals surface area contributed by atoms with Gasteiger partial charge in [-0.2, -0.15) is 21.6 Å². The maximum Gasteiger partial charge on any atom is 0.416 e. The van der Waals surface area contributed by atoms with Crippen LogP contribution in [0.15, 0.2) is 43.0 Å². The van der Waals surface area contributed by atoms with E-state index < -0.39 is 28.0 Å². The smallest absolute Gasteiger partial charge is 0.335 e. The first-order chi connectivity index (χ1) is 11.1. The number of benzene rings is 1. The number of rotatable bonds is 7. The first-order valence-corrected chi connectivity index (χ1v) is 8.95. The minimum absolute atomic E-state index is 0.285. The van der Waals surface area contributed by atoms with Gasteiger partial charge in [-0.1, -0.05) is 12.1 Å². The van der Waals surface area contributed by atoms with E-state index in [0.717, 1.165) is 18.4 Å². The number of halogens is 3. The van der Waals surface area contributed by atoms with Crippen molar-refractivity contribution in [1.82, 2.24) is 9.55 Å². The van der Waals surface area contributed by atoms with E-state index >= 15 is 0 Å². The van der Waals surface area contributed by atoms with Crippen molar-refractivity contribution in [3.8, 4) is 0 Å². The van der Waals surface area contributed by atoms with Crippen molar-refractivity contribution in [2.24, 2.45) is 0 Å². The van der Waals surface area contributed by atoms with Crippen LogP contribution in [0.3, 0.4) is 0 Å².